The number of anilines is 1. The number of phenols is 1. The predicted molar refractivity (Wildman–Crippen MR) is 145 cm³/mol. The number of halogens is 2. The van der Waals surface area contributed by atoms with Crippen molar-refractivity contribution in [3.63, 3.8) is 0 Å². The molecule has 3 aromatic carbocycles. The molecule has 2 fully saturated rings. The van der Waals surface area contributed by atoms with E-state index in [4.69, 9.17) is 9.47 Å². The molecule has 2 aliphatic heterocycles. The van der Waals surface area contributed by atoms with Crippen molar-refractivity contribution in [2.24, 2.45) is 11.8 Å². The van der Waals surface area contributed by atoms with Gasteiger partial charge in [0.2, 0.25) is 5.91 Å². The normalized spacial score (nSPS) is 28.3. The summed E-state index contributed by atoms with van der Waals surface area (Å²) < 4.78 is 38.9. The molecular formula is C31H31F2NO8. The number of benzene rings is 3. The molecule has 2 heterocycles. The van der Waals surface area contributed by atoms with E-state index in [2.05, 4.69) is 0 Å². The number of carboxylic acid groups (broad SMARTS) is 1. The van der Waals surface area contributed by atoms with Gasteiger partial charge in [-0.15, -0.1) is 0 Å². The van der Waals surface area contributed by atoms with Crippen LogP contribution in [0.4, 0.5) is 14.5 Å². The Bertz CT molecular complexity index is 1400. The number of nitrogens with zero attached hydrogens (tertiary/aromatic N) is 1. The van der Waals surface area contributed by atoms with Crippen LogP contribution in [0, 0.1) is 23.5 Å². The van der Waals surface area contributed by atoms with E-state index in [0.717, 1.165) is 5.56 Å². The molecule has 4 N–H and O–H groups in total. The van der Waals surface area contributed by atoms with Gasteiger partial charge in [-0.05, 0) is 72.5 Å². The van der Waals surface area contributed by atoms with E-state index in [1.807, 2.05) is 0 Å². The molecule has 11 heteroatoms. The van der Waals surface area contributed by atoms with E-state index < -0.39 is 66.2 Å². The monoisotopic (exact) mass is 583 g/mol. The smallest absolute Gasteiger partial charge is 0.333 e. The molecule has 42 heavy (non-hydrogen) atoms. The Balaban J connectivity index is 1.40. The lowest BCUT2D eigenvalue weighted by Crippen LogP contribution is -2.57. The van der Waals surface area contributed by atoms with E-state index in [1.54, 1.807) is 17.0 Å². The number of phenolic OH excluding ortho intramolecular Hbond substituents is 1. The number of hydrogen-bond acceptors (Lipinski definition) is 7. The molecule has 5 rings (SSSR count). The first kappa shape index (κ1) is 29.6. The molecule has 0 aromatic heterocycles. The zero-order chi connectivity index (χ0) is 30.1. The van der Waals surface area contributed by atoms with E-state index >= 15 is 0 Å². The molecular weight excluding hydrogens is 552 g/mol. The maximum absolute atomic E-state index is 13.7. The minimum Gasteiger partial charge on any atom is -0.508 e. The first-order chi connectivity index (χ1) is 20.0. The number of hydrogen-bond donors (Lipinski definition) is 4. The minimum absolute atomic E-state index is 0.0567. The van der Waals surface area contributed by atoms with Crippen LogP contribution in [0.3, 0.4) is 0 Å². The standard InChI is InChI=1S/C31H31F2NO8/c1-16-26(36)27(37)31(42-28(16)30(39)40)41-24(17-2-6-19(32)7-3-17)15-14-23-25(18-4-12-22(35)13-5-18)34(29(23)38)21-10-8-20(33)9-11-21/h2-13,16,23-28,31,35-37H,14-15H2,1H3,(H,39,40)/t16-,23+,24-,25+,26-,27+,28-,31+/m0/s1. The number of carboxylic acids is 1. The van der Waals surface area contributed by atoms with Crippen LogP contribution in [0.5, 0.6) is 5.75 Å². The average molecular weight is 584 g/mol. The summed E-state index contributed by atoms with van der Waals surface area (Å²) >= 11 is 0. The molecule has 3 aromatic rings. The van der Waals surface area contributed by atoms with Crippen LogP contribution >= 0.6 is 0 Å². The van der Waals surface area contributed by atoms with Gasteiger partial charge in [0.1, 0.15) is 23.5 Å². The summed E-state index contributed by atoms with van der Waals surface area (Å²) in [6.45, 7) is 1.44. The number of rotatable bonds is 9. The van der Waals surface area contributed by atoms with Crippen molar-refractivity contribution in [3.8, 4) is 5.75 Å². The van der Waals surface area contributed by atoms with Crippen molar-refractivity contribution in [2.75, 3.05) is 4.90 Å². The van der Waals surface area contributed by atoms with Crippen LogP contribution < -0.4 is 4.90 Å². The third kappa shape index (κ3) is 5.86. The van der Waals surface area contributed by atoms with Gasteiger partial charge in [-0.1, -0.05) is 31.2 Å². The van der Waals surface area contributed by atoms with Crippen LogP contribution in [0.15, 0.2) is 72.8 Å². The van der Waals surface area contributed by atoms with E-state index in [1.165, 1.54) is 67.6 Å². The quantitative estimate of drug-likeness (QED) is 0.277. The number of aliphatic hydroxyl groups excluding tert-OH is 2. The SMILES string of the molecule is C[C@H]1[C@H](O)[C@@H](O)[C@H](O[C@@H](CC[C@H]2C(=O)N(c3ccc(F)cc3)[C@@H]2c2ccc(O)cc2)c2ccc(F)cc2)O[C@@H]1C(=O)O. The number of aromatic hydroxyl groups is 1. The fraction of sp³-hybridized carbons (Fsp3) is 0.355. The van der Waals surface area contributed by atoms with Gasteiger partial charge in [0, 0.05) is 11.6 Å². The van der Waals surface area contributed by atoms with Gasteiger partial charge in [-0.2, -0.15) is 0 Å². The predicted octanol–water partition coefficient (Wildman–Crippen LogP) is 4.08. The Morgan fingerprint density at radius 1 is 0.952 bits per heavy atom. The zero-order valence-electron chi connectivity index (χ0n) is 22.6. The molecule has 0 saturated carbocycles. The van der Waals surface area contributed by atoms with Gasteiger partial charge in [-0.25, -0.2) is 13.6 Å². The van der Waals surface area contributed by atoms with Crippen LogP contribution in [0.25, 0.3) is 0 Å². The number of β-lactam (4-membered cyclic amide) rings is 1. The number of aliphatic carboxylic acids is 1. The molecule has 222 valence electrons. The number of aliphatic hydroxyl groups is 2. The summed E-state index contributed by atoms with van der Waals surface area (Å²) in [6.07, 6.45) is -6.35. The topological polar surface area (TPSA) is 137 Å². The third-order valence-corrected chi connectivity index (χ3v) is 8.00. The van der Waals surface area contributed by atoms with Gasteiger partial charge < -0.3 is 34.8 Å². The lowest BCUT2D eigenvalue weighted by molar-refractivity contribution is -0.295. The number of amides is 1. The summed E-state index contributed by atoms with van der Waals surface area (Å²) in [5.41, 5.74) is 1.74. The molecule has 9 nitrogen and oxygen atoms in total. The third-order valence-electron chi connectivity index (χ3n) is 8.00. The fourth-order valence-electron chi connectivity index (χ4n) is 5.65. The first-order valence-electron chi connectivity index (χ1n) is 13.6. The molecule has 8 atom stereocenters. The summed E-state index contributed by atoms with van der Waals surface area (Å²) in [4.78, 5) is 26.7. The maximum atomic E-state index is 13.7. The molecule has 1 amide bonds. The molecule has 0 unspecified atom stereocenters. The fourth-order valence-corrected chi connectivity index (χ4v) is 5.65. The van der Waals surface area contributed by atoms with Crippen LogP contribution in [0.2, 0.25) is 0 Å². The highest BCUT2D eigenvalue weighted by Crippen LogP contribution is 2.47. The Hall–Kier alpha value is -3.90. The van der Waals surface area contributed by atoms with Crippen molar-refractivity contribution >= 4 is 17.6 Å². The Labute approximate surface area is 240 Å². The summed E-state index contributed by atoms with van der Waals surface area (Å²) in [6, 6.07) is 16.9. The van der Waals surface area contributed by atoms with Crippen LogP contribution in [0.1, 0.15) is 43.0 Å². The Morgan fingerprint density at radius 2 is 1.55 bits per heavy atom. The van der Waals surface area contributed by atoms with Gasteiger partial charge in [0.05, 0.1) is 24.2 Å². The van der Waals surface area contributed by atoms with E-state index in [-0.39, 0.29) is 24.5 Å². The summed E-state index contributed by atoms with van der Waals surface area (Å²) in [5.74, 6) is -3.88. The summed E-state index contributed by atoms with van der Waals surface area (Å²) in [7, 11) is 0. The average Bonchev–Trinajstić information content (AvgIpc) is 2.97. The molecule has 0 bridgehead atoms. The van der Waals surface area contributed by atoms with Crippen LogP contribution in [-0.2, 0) is 19.1 Å². The van der Waals surface area contributed by atoms with Gasteiger partial charge in [-0.3, -0.25) is 4.79 Å². The van der Waals surface area contributed by atoms with Crippen molar-refractivity contribution in [2.45, 2.75) is 56.5 Å². The number of carbonyl (C=O) groups is 2. The number of carbonyl (C=O) groups excluding carboxylic acids is 1. The summed E-state index contributed by atoms with van der Waals surface area (Å²) in [5, 5.41) is 40.5. The zero-order valence-corrected chi connectivity index (χ0v) is 22.6. The van der Waals surface area contributed by atoms with E-state index in [0.29, 0.717) is 11.3 Å². The molecule has 0 spiro atoms. The lowest BCUT2D eigenvalue weighted by Gasteiger charge is -2.48. The van der Waals surface area contributed by atoms with Gasteiger partial charge in [0.15, 0.2) is 12.4 Å². The van der Waals surface area contributed by atoms with E-state index in [9.17, 15) is 38.8 Å². The largest absolute Gasteiger partial charge is 0.508 e. The second kappa shape index (κ2) is 12.1. The van der Waals surface area contributed by atoms with Gasteiger partial charge in [0.25, 0.3) is 0 Å². The Morgan fingerprint density at radius 3 is 2.14 bits per heavy atom. The lowest BCUT2D eigenvalue weighted by atomic mass is 9.78. The van der Waals surface area contributed by atoms with Crippen molar-refractivity contribution in [1.29, 1.82) is 0 Å². The Kier molecular flexibility index (Phi) is 8.55. The van der Waals surface area contributed by atoms with Crippen molar-refractivity contribution in [3.05, 3.63) is 95.6 Å². The van der Waals surface area contributed by atoms with Crippen molar-refractivity contribution < 1.29 is 48.3 Å². The highest BCUT2D eigenvalue weighted by atomic mass is 19.1. The molecule has 2 saturated heterocycles. The first-order valence-corrected chi connectivity index (χ1v) is 13.6. The molecule has 0 aliphatic carbocycles. The molecule has 2 aliphatic rings. The van der Waals surface area contributed by atoms with Crippen LogP contribution in [-0.4, -0.2) is 56.9 Å². The second-order valence-electron chi connectivity index (χ2n) is 10.7. The maximum Gasteiger partial charge on any atom is 0.333 e. The molecule has 0 radical (unpaired) electrons. The highest BCUT2D eigenvalue weighted by molar-refractivity contribution is 6.03. The highest BCUT2D eigenvalue weighted by Gasteiger charge is 2.50. The van der Waals surface area contributed by atoms with Crippen molar-refractivity contribution in [1.82, 2.24) is 0 Å². The van der Waals surface area contributed by atoms with Gasteiger partial charge >= 0.3 is 5.97 Å². The minimum atomic E-state index is -1.55. The number of ether oxygens (including phenoxy) is 2. The second-order valence-corrected chi connectivity index (χ2v) is 10.7.